The minimum atomic E-state index is -0.0985. The van der Waals surface area contributed by atoms with Gasteiger partial charge in [-0.1, -0.05) is 48.4 Å². The first-order chi connectivity index (χ1) is 12.8. The number of carbonyl (C=O) groups is 1. The van der Waals surface area contributed by atoms with Crippen molar-refractivity contribution in [2.75, 3.05) is 13.2 Å². The van der Waals surface area contributed by atoms with Crippen LogP contribution in [-0.4, -0.2) is 24.0 Å². The Balaban J connectivity index is 1.50. The number of aromatic nitrogens is 1. The van der Waals surface area contributed by atoms with Crippen molar-refractivity contribution in [3.63, 3.8) is 0 Å². The molecule has 0 bridgehead atoms. The summed E-state index contributed by atoms with van der Waals surface area (Å²) in [4.78, 5) is 17.2. The molecule has 0 atom stereocenters. The van der Waals surface area contributed by atoms with Crippen molar-refractivity contribution in [3.05, 3.63) is 71.2 Å². The van der Waals surface area contributed by atoms with Crippen LogP contribution in [0.5, 0.6) is 5.75 Å². The van der Waals surface area contributed by atoms with Gasteiger partial charge < -0.3 is 10.1 Å². The molecule has 1 heterocycles. The number of terminal acetylenes is 1. The summed E-state index contributed by atoms with van der Waals surface area (Å²) in [6.45, 7) is 0.817. The Kier molecular flexibility index (Phi) is 6.02. The Morgan fingerprint density at radius 1 is 1.15 bits per heavy atom. The number of nitrogens with zero attached hydrogens (tertiary/aromatic N) is 1. The van der Waals surface area contributed by atoms with Crippen molar-refractivity contribution in [2.45, 2.75) is 6.42 Å². The van der Waals surface area contributed by atoms with Crippen LogP contribution < -0.4 is 10.1 Å². The Bertz CT molecular complexity index is 896. The van der Waals surface area contributed by atoms with Crippen molar-refractivity contribution in [1.29, 1.82) is 0 Å². The largest absolute Gasteiger partial charge is 0.481 e. The van der Waals surface area contributed by atoms with Crippen molar-refractivity contribution in [2.24, 2.45) is 0 Å². The number of nitrogens with one attached hydrogen (secondary N) is 1. The highest BCUT2D eigenvalue weighted by molar-refractivity contribution is 7.16. The van der Waals surface area contributed by atoms with Gasteiger partial charge in [-0.15, -0.1) is 17.8 Å². The highest BCUT2D eigenvalue weighted by Crippen LogP contribution is 2.24. The average molecular weight is 362 g/mol. The zero-order valence-electron chi connectivity index (χ0n) is 14.1. The molecule has 5 heteroatoms. The van der Waals surface area contributed by atoms with Gasteiger partial charge in [-0.2, -0.15) is 0 Å². The van der Waals surface area contributed by atoms with E-state index in [1.165, 1.54) is 11.3 Å². The summed E-state index contributed by atoms with van der Waals surface area (Å²) < 4.78 is 5.34. The monoisotopic (exact) mass is 362 g/mol. The number of hydrogen-bond donors (Lipinski definition) is 1. The fourth-order valence-electron chi connectivity index (χ4n) is 2.38. The van der Waals surface area contributed by atoms with E-state index in [4.69, 9.17) is 11.2 Å². The van der Waals surface area contributed by atoms with E-state index < -0.39 is 0 Å². The van der Waals surface area contributed by atoms with Gasteiger partial charge in [-0.25, -0.2) is 4.98 Å². The molecule has 1 N–H and O–H groups in total. The first-order valence-corrected chi connectivity index (χ1v) is 9.02. The Morgan fingerprint density at radius 3 is 2.65 bits per heavy atom. The number of thiazole rings is 1. The van der Waals surface area contributed by atoms with E-state index in [1.807, 2.05) is 54.6 Å². The zero-order valence-corrected chi connectivity index (χ0v) is 15.0. The maximum atomic E-state index is 12.3. The van der Waals surface area contributed by atoms with E-state index in [0.29, 0.717) is 11.4 Å². The summed E-state index contributed by atoms with van der Waals surface area (Å²) in [6.07, 6.45) is 7.53. The van der Waals surface area contributed by atoms with E-state index >= 15 is 0 Å². The summed E-state index contributed by atoms with van der Waals surface area (Å²) in [7, 11) is 0. The predicted octanol–water partition coefficient (Wildman–Crippen LogP) is 3.79. The Morgan fingerprint density at radius 2 is 1.92 bits per heavy atom. The summed E-state index contributed by atoms with van der Waals surface area (Å²) in [5.41, 5.74) is 2.14. The molecule has 0 aliphatic carbocycles. The molecular formula is C21H18N2O2S. The minimum absolute atomic E-state index is 0.0985. The van der Waals surface area contributed by atoms with Crippen molar-refractivity contribution >= 4 is 17.2 Å². The lowest BCUT2D eigenvalue weighted by Gasteiger charge is -2.06. The molecule has 3 rings (SSSR count). The molecule has 130 valence electrons. The molecule has 1 amide bonds. The van der Waals surface area contributed by atoms with Crippen LogP contribution in [0.15, 0.2) is 60.8 Å². The maximum Gasteiger partial charge on any atom is 0.263 e. The second kappa shape index (κ2) is 8.84. The van der Waals surface area contributed by atoms with Crippen LogP contribution in [0.25, 0.3) is 10.6 Å². The fraction of sp³-hybridized carbons (Fsp3) is 0.143. The third kappa shape index (κ3) is 4.71. The molecule has 2 aromatic carbocycles. The van der Waals surface area contributed by atoms with Gasteiger partial charge in [-0.3, -0.25) is 4.79 Å². The SMILES string of the molecule is C#CCOc1ccc(CCNC(=O)c2cnc(-c3ccccc3)s2)cc1. The summed E-state index contributed by atoms with van der Waals surface area (Å²) in [6, 6.07) is 17.5. The first-order valence-electron chi connectivity index (χ1n) is 8.21. The highest BCUT2D eigenvalue weighted by atomic mass is 32.1. The minimum Gasteiger partial charge on any atom is -0.481 e. The standard InChI is InChI=1S/C21H18N2O2S/c1-2-14-25-18-10-8-16(9-11-18)12-13-22-20(24)19-15-23-21(26-19)17-6-4-3-5-7-17/h1,3-11,15H,12-14H2,(H,22,24). The van der Waals surface area contributed by atoms with Gasteiger partial charge in [0.25, 0.3) is 5.91 Å². The van der Waals surface area contributed by atoms with Crippen LogP contribution in [0.2, 0.25) is 0 Å². The van der Waals surface area contributed by atoms with Crippen LogP contribution in [-0.2, 0) is 6.42 Å². The molecule has 0 aliphatic heterocycles. The molecule has 26 heavy (non-hydrogen) atoms. The normalized spacial score (nSPS) is 10.1. The topological polar surface area (TPSA) is 51.2 Å². The maximum absolute atomic E-state index is 12.3. The predicted molar refractivity (Wildman–Crippen MR) is 104 cm³/mol. The van der Waals surface area contributed by atoms with Gasteiger partial charge in [0.1, 0.15) is 22.2 Å². The number of benzene rings is 2. The zero-order chi connectivity index (χ0) is 18.2. The molecule has 4 nitrogen and oxygen atoms in total. The van der Waals surface area contributed by atoms with E-state index in [0.717, 1.165) is 28.3 Å². The number of hydrogen-bond acceptors (Lipinski definition) is 4. The Labute approximate surface area is 156 Å². The van der Waals surface area contributed by atoms with Crippen LogP contribution in [0.1, 0.15) is 15.2 Å². The lowest BCUT2D eigenvalue weighted by atomic mass is 10.1. The third-order valence-electron chi connectivity index (χ3n) is 3.69. The molecule has 0 saturated heterocycles. The summed E-state index contributed by atoms with van der Waals surface area (Å²) in [5, 5.41) is 3.78. The van der Waals surface area contributed by atoms with E-state index in [1.54, 1.807) is 6.20 Å². The number of ether oxygens (including phenoxy) is 1. The first kappa shape index (κ1) is 17.7. The van der Waals surface area contributed by atoms with Gasteiger partial charge >= 0.3 is 0 Å². The molecule has 0 saturated carbocycles. The molecular weight excluding hydrogens is 344 g/mol. The molecule has 0 radical (unpaired) electrons. The van der Waals surface area contributed by atoms with Crippen LogP contribution in [0.3, 0.4) is 0 Å². The summed E-state index contributed by atoms with van der Waals surface area (Å²) in [5.74, 6) is 3.08. The van der Waals surface area contributed by atoms with E-state index in [2.05, 4.69) is 16.2 Å². The quantitative estimate of drug-likeness (QED) is 0.651. The molecule has 1 aromatic heterocycles. The number of amides is 1. The van der Waals surface area contributed by atoms with E-state index in [9.17, 15) is 4.79 Å². The van der Waals surface area contributed by atoms with Crippen molar-refractivity contribution in [1.82, 2.24) is 10.3 Å². The summed E-state index contributed by atoms with van der Waals surface area (Å²) >= 11 is 1.39. The number of carbonyl (C=O) groups excluding carboxylic acids is 1. The lowest BCUT2D eigenvalue weighted by molar-refractivity contribution is 0.0958. The third-order valence-corrected chi connectivity index (χ3v) is 4.74. The number of rotatable bonds is 7. The second-order valence-corrected chi connectivity index (χ2v) is 6.57. The molecule has 0 fully saturated rings. The second-order valence-electron chi connectivity index (χ2n) is 5.54. The van der Waals surface area contributed by atoms with Crippen molar-refractivity contribution in [3.8, 4) is 28.7 Å². The molecule has 3 aromatic rings. The average Bonchev–Trinajstić information content (AvgIpc) is 3.18. The molecule has 0 spiro atoms. The van der Waals surface area contributed by atoms with Gasteiger partial charge in [0.05, 0.1) is 6.20 Å². The highest BCUT2D eigenvalue weighted by Gasteiger charge is 2.11. The van der Waals surface area contributed by atoms with Gasteiger partial charge in [0.15, 0.2) is 0 Å². The fourth-order valence-corrected chi connectivity index (χ4v) is 3.22. The molecule has 0 unspecified atom stereocenters. The Hall–Kier alpha value is -3.10. The molecule has 0 aliphatic rings. The van der Waals surface area contributed by atoms with Gasteiger partial charge in [0, 0.05) is 12.1 Å². The van der Waals surface area contributed by atoms with E-state index in [-0.39, 0.29) is 12.5 Å². The van der Waals surface area contributed by atoms with Crippen LogP contribution in [0, 0.1) is 12.3 Å². The van der Waals surface area contributed by atoms with Crippen molar-refractivity contribution < 1.29 is 9.53 Å². The smallest absolute Gasteiger partial charge is 0.263 e. The van der Waals surface area contributed by atoms with Gasteiger partial charge in [-0.05, 0) is 24.1 Å². The van der Waals surface area contributed by atoms with Gasteiger partial charge in [0.2, 0.25) is 0 Å². The van der Waals surface area contributed by atoms with Crippen LogP contribution >= 0.6 is 11.3 Å². The lowest BCUT2D eigenvalue weighted by Crippen LogP contribution is -2.24. The van der Waals surface area contributed by atoms with Crippen LogP contribution in [0.4, 0.5) is 0 Å².